The fraction of sp³-hybridized carbons (Fsp3) is 0.500. The smallest absolute Gasteiger partial charge is 0.0708 e. The van der Waals surface area contributed by atoms with Crippen LogP contribution in [-0.2, 0) is 6.54 Å². The van der Waals surface area contributed by atoms with Crippen molar-refractivity contribution >= 4 is 10.9 Å². The summed E-state index contributed by atoms with van der Waals surface area (Å²) in [6.07, 6.45) is 2.47. The first-order chi connectivity index (χ1) is 9.61. The molecule has 0 fully saturated rings. The minimum absolute atomic E-state index is 0.557. The third-order valence-corrected chi connectivity index (χ3v) is 3.74. The van der Waals surface area contributed by atoms with E-state index in [4.69, 9.17) is 0 Å². The van der Waals surface area contributed by atoms with E-state index in [1.807, 2.05) is 0 Å². The SMILES string of the molecule is CCCCNCc1cc(C)nc2ccc(C(C)C)cc12. The molecule has 0 amide bonds. The molecule has 0 spiro atoms. The van der Waals surface area contributed by atoms with Crippen molar-refractivity contribution in [3.8, 4) is 0 Å². The summed E-state index contributed by atoms with van der Waals surface area (Å²) in [5.41, 5.74) is 4.97. The summed E-state index contributed by atoms with van der Waals surface area (Å²) in [6, 6.07) is 8.88. The Morgan fingerprint density at radius 2 is 2.00 bits per heavy atom. The van der Waals surface area contributed by atoms with Gasteiger partial charge in [-0.2, -0.15) is 0 Å². The van der Waals surface area contributed by atoms with Gasteiger partial charge in [-0.1, -0.05) is 33.3 Å². The molecule has 1 N–H and O–H groups in total. The number of benzene rings is 1. The van der Waals surface area contributed by atoms with Gasteiger partial charge >= 0.3 is 0 Å². The molecule has 0 aliphatic heterocycles. The predicted molar refractivity (Wildman–Crippen MR) is 87.2 cm³/mol. The molecule has 0 atom stereocenters. The van der Waals surface area contributed by atoms with Crippen LogP contribution in [-0.4, -0.2) is 11.5 Å². The number of unbranched alkanes of at least 4 members (excludes halogenated alkanes) is 1. The van der Waals surface area contributed by atoms with Gasteiger partial charge in [-0.3, -0.25) is 4.98 Å². The molecule has 2 aromatic rings. The average Bonchev–Trinajstić information content (AvgIpc) is 2.42. The Morgan fingerprint density at radius 3 is 2.70 bits per heavy atom. The van der Waals surface area contributed by atoms with Gasteiger partial charge in [0, 0.05) is 17.6 Å². The number of aromatic nitrogens is 1. The lowest BCUT2D eigenvalue weighted by molar-refractivity contribution is 0.643. The van der Waals surface area contributed by atoms with Gasteiger partial charge in [0.1, 0.15) is 0 Å². The van der Waals surface area contributed by atoms with Crippen molar-refractivity contribution in [3.05, 3.63) is 41.1 Å². The lowest BCUT2D eigenvalue weighted by atomic mass is 9.98. The van der Waals surface area contributed by atoms with Gasteiger partial charge in [-0.05, 0) is 55.1 Å². The number of aryl methyl sites for hydroxylation is 1. The summed E-state index contributed by atoms with van der Waals surface area (Å²) in [5.74, 6) is 0.557. The van der Waals surface area contributed by atoms with E-state index < -0.39 is 0 Å². The van der Waals surface area contributed by atoms with E-state index in [1.165, 1.54) is 29.4 Å². The Labute approximate surface area is 122 Å². The number of hydrogen-bond acceptors (Lipinski definition) is 2. The van der Waals surface area contributed by atoms with Crippen molar-refractivity contribution in [2.75, 3.05) is 6.54 Å². The van der Waals surface area contributed by atoms with E-state index in [1.54, 1.807) is 0 Å². The second-order valence-corrected chi connectivity index (χ2v) is 5.88. The van der Waals surface area contributed by atoms with Gasteiger partial charge in [-0.15, -0.1) is 0 Å². The fourth-order valence-electron chi connectivity index (χ4n) is 2.49. The summed E-state index contributed by atoms with van der Waals surface area (Å²) in [4.78, 5) is 4.65. The van der Waals surface area contributed by atoms with Gasteiger partial charge in [0.05, 0.1) is 5.52 Å². The molecule has 0 aliphatic rings. The third-order valence-electron chi connectivity index (χ3n) is 3.74. The van der Waals surface area contributed by atoms with E-state index in [0.717, 1.165) is 24.3 Å². The summed E-state index contributed by atoms with van der Waals surface area (Å²) in [5, 5.41) is 4.84. The Morgan fingerprint density at radius 1 is 1.20 bits per heavy atom. The van der Waals surface area contributed by atoms with Crippen LogP contribution in [0.3, 0.4) is 0 Å². The molecule has 0 aliphatic carbocycles. The first-order valence-corrected chi connectivity index (χ1v) is 7.72. The average molecular weight is 270 g/mol. The molecule has 1 aromatic carbocycles. The molecule has 2 nitrogen and oxygen atoms in total. The maximum absolute atomic E-state index is 4.65. The predicted octanol–water partition coefficient (Wildman–Crippen LogP) is 4.56. The Bertz CT molecular complexity index is 573. The van der Waals surface area contributed by atoms with E-state index in [-0.39, 0.29) is 0 Å². The molecular weight excluding hydrogens is 244 g/mol. The highest BCUT2D eigenvalue weighted by atomic mass is 14.8. The molecular formula is C18H26N2. The van der Waals surface area contributed by atoms with Crippen molar-refractivity contribution in [1.82, 2.24) is 10.3 Å². The summed E-state index contributed by atoms with van der Waals surface area (Å²) in [7, 11) is 0. The number of fused-ring (bicyclic) bond motifs is 1. The van der Waals surface area contributed by atoms with Crippen LogP contribution in [0.15, 0.2) is 24.3 Å². The topological polar surface area (TPSA) is 24.9 Å². The van der Waals surface area contributed by atoms with Crippen LogP contribution in [0, 0.1) is 6.92 Å². The highest BCUT2D eigenvalue weighted by molar-refractivity contribution is 5.83. The lowest BCUT2D eigenvalue weighted by Gasteiger charge is -2.12. The third kappa shape index (κ3) is 3.57. The summed E-state index contributed by atoms with van der Waals surface area (Å²) in [6.45, 7) is 10.8. The minimum Gasteiger partial charge on any atom is -0.313 e. The van der Waals surface area contributed by atoms with Gasteiger partial charge in [-0.25, -0.2) is 0 Å². The largest absolute Gasteiger partial charge is 0.313 e. The molecule has 0 bridgehead atoms. The molecule has 1 heterocycles. The molecule has 0 radical (unpaired) electrons. The quantitative estimate of drug-likeness (QED) is 0.779. The molecule has 108 valence electrons. The van der Waals surface area contributed by atoms with Crippen LogP contribution in [0.1, 0.15) is 56.4 Å². The normalized spacial score (nSPS) is 11.4. The molecule has 20 heavy (non-hydrogen) atoms. The van der Waals surface area contributed by atoms with Gasteiger partial charge in [0.25, 0.3) is 0 Å². The standard InChI is InChI=1S/C18H26N2/c1-5-6-9-19-12-16-10-14(4)20-18-8-7-15(13(2)3)11-17(16)18/h7-8,10-11,13,19H,5-6,9,12H2,1-4H3. The maximum atomic E-state index is 4.65. The minimum atomic E-state index is 0.557. The van der Waals surface area contributed by atoms with Gasteiger partial charge in [0.2, 0.25) is 0 Å². The Kier molecular flexibility index (Phi) is 5.13. The van der Waals surface area contributed by atoms with Gasteiger partial charge in [0.15, 0.2) is 0 Å². The number of nitrogens with zero attached hydrogens (tertiary/aromatic N) is 1. The molecule has 0 saturated carbocycles. The lowest BCUT2D eigenvalue weighted by Crippen LogP contribution is -2.15. The maximum Gasteiger partial charge on any atom is 0.0708 e. The number of pyridine rings is 1. The summed E-state index contributed by atoms with van der Waals surface area (Å²) >= 11 is 0. The highest BCUT2D eigenvalue weighted by Crippen LogP contribution is 2.24. The molecule has 1 aromatic heterocycles. The van der Waals surface area contributed by atoms with Gasteiger partial charge < -0.3 is 5.32 Å². The van der Waals surface area contributed by atoms with E-state index in [0.29, 0.717) is 5.92 Å². The van der Waals surface area contributed by atoms with Crippen LogP contribution in [0.25, 0.3) is 10.9 Å². The molecule has 2 heteroatoms. The number of nitrogens with one attached hydrogen (secondary N) is 1. The summed E-state index contributed by atoms with van der Waals surface area (Å²) < 4.78 is 0. The van der Waals surface area contributed by atoms with E-state index >= 15 is 0 Å². The van der Waals surface area contributed by atoms with Crippen molar-refractivity contribution < 1.29 is 0 Å². The van der Waals surface area contributed by atoms with Crippen LogP contribution in [0.4, 0.5) is 0 Å². The monoisotopic (exact) mass is 270 g/mol. The zero-order valence-corrected chi connectivity index (χ0v) is 13.2. The zero-order chi connectivity index (χ0) is 14.5. The second kappa shape index (κ2) is 6.85. The molecule has 0 unspecified atom stereocenters. The first kappa shape index (κ1) is 15.0. The molecule has 0 saturated heterocycles. The van der Waals surface area contributed by atoms with Crippen molar-refractivity contribution in [2.45, 2.75) is 53.0 Å². The molecule has 2 rings (SSSR count). The Balaban J connectivity index is 2.32. The van der Waals surface area contributed by atoms with Crippen LogP contribution in [0.5, 0.6) is 0 Å². The first-order valence-electron chi connectivity index (χ1n) is 7.72. The zero-order valence-electron chi connectivity index (χ0n) is 13.2. The highest BCUT2D eigenvalue weighted by Gasteiger charge is 2.07. The van der Waals surface area contributed by atoms with Crippen molar-refractivity contribution in [3.63, 3.8) is 0 Å². The van der Waals surface area contributed by atoms with E-state index in [2.05, 4.69) is 62.3 Å². The fourth-order valence-corrected chi connectivity index (χ4v) is 2.49. The van der Waals surface area contributed by atoms with Crippen LogP contribution < -0.4 is 5.32 Å². The number of hydrogen-bond donors (Lipinski definition) is 1. The van der Waals surface area contributed by atoms with Crippen LogP contribution in [0.2, 0.25) is 0 Å². The van der Waals surface area contributed by atoms with Crippen LogP contribution >= 0.6 is 0 Å². The number of rotatable bonds is 6. The van der Waals surface area contributed by atoms with Crippen molar-refractivity contribution in [2.24, 2.45) is 0 Å². The van der Waals surface area contributed by atoms with E-state index in [9.17, 15) is 0 Å². The Hall–Kier alpha value is -1.41. The van der Waals surface area contributed by atoms with Crippen molar-refractivity contribution in [1.29, 1.82) is 0 Å². The second-order valence-electron chi connectivity index (χ2n) is 5.88.